The van der Waals surface area contributed by atoms with Crippen LogP contribution in [0.2, 0.25) is 15.1 Å². The summed E-state index contributed by atoms with van der Waals surface area (Å²) in [5, 5.41) is 3.13. The van der Waals surface area contributed by atoms with Crippen LogP contribution < -0.4 is 16.2 Å². The molecular weight excluding hydrogens is 564 g/mol. The van der Waals surface area contributed by atoms with Crippen molar-refractivity contribution in [3.63, 3.8) is 0 Å². The van der Waals surface area contributed by atoms with Crippen LogP contribution in [0, 0.1) is 5.92 Å². The first kappa shape index (κ1) is 26.7. The van der Waals surface area contributed by atoms with Gasteiger partial charge in [0, 0.05) is 21.7 Å². The lowest BCUT2D eigenvalue weighted by molar-refractivity contribution is -0.132. The summed E-state index contributed by atoms with van der Waals surface area (Å²) in [5.41, 5.74) is 3.72. The predicted molar refractivity (Wildman–Crippen MR) is 124 cm³/mol. The van der Waals surface area contributed by atoms with Crippen molar-refractivity contribution in [3.05, 3.63) is 62.6 Å². The standard InChI is InChI=1S/C20H13Cl5F3N3O3/c21-8-3-7(4-9(22)5-8)13-14(20(13,24)25)18(33)29-10-1-2-12(23)11(6-10)17(32)30-31-19(34)15(26)16(27)28/h1-6,13-16H,(H,29,33)(H,30,32)(H,31,34). The summed E-state index contributed by atoms with van der Waals surface area (Å²) >= 11 is 30.6. The number of carbonyl (C=O) groups excluding carboxylic acids is 3. The molecule has 182 valence electrons. The summed E-state index contributed by atoms with van der Waals surface area (Å²) in [7, 11) is 0. The number of hydrogen-bond donors (Lipinski definition) is 3. The monoisotopic (exact) mass is 575 g/mol. The first-order chi connectivity index (χ1) is 15.8. The molecule has 0 saturated heterocycles. The van der Waals surface area contributed by atoms with E-state index in [1.807, 2.05) is 0 Å². The molecule has 0 radical (unpaired) electrons. The van der Waals surface area contributed by atoms with Crippen LogP contribution in [0.15, 0.2) is 36.4 Å². The second-order valence-corrected chi connectivity index (χ2v) is 9.92. The Morgan fingerprint density at radius 2 is 1.53 bits per heavy atom. The fourth-order valence-corrected chi connectivity index (χ4v) is 4.76. The molecule has 0 spiro atoms. The highest BCUT2D eigenvalue weighted by Gasteiger charge is 2.67. The zero-order valence-corrected chi connectivity index (χ0v) is 20.3. The highest BCUT2D eigenvalue weighted by atomic mass is 35.5. The summed E-state index contributed by atoms with van der Waals surface area (Å²) in [4.78, 5) is 36.3. The molecule has 3 rings (SSSR count). The molecule has 0 aliphatic heterocycles. The van der Waals surface area contributed by atoms with Gasteiger partial charge in [0.25, 0.3) is 18.2 Å². The minimum atomic E-state index is -3.57. The molecule has 1 saturated carbocycles. The van der Waals surface area contributed by atoms with Crippen LogP contribution in [0.4, 0.5) is 18.9 Å². The van der Waals surface area contributed by atoms with Gasteiger partial charge >= 0.3 is 0 Å². The topological polar surface area (TPSA) is 87.3 Å². The van der Waals surface area contributed by atoms with Crippen molar-refractivity contribution in [1.29, 1.82) is 0 Å². The van der Waals surface area contributed by atoms with Gasteiger partial charge in [0.05, 0.1) is 16.5 Å². The lowest BCUT2D eigenvalue weighted by atomic mass is 10.1. The molecule has 1 fully saturated rings. The fraction of sp³-hybridized carbons (Fsp3) is 0.250. The molecule has 3 N–H and O–H groups in total. The Morgan fingerprint density at radius 1 is 0.912 bits per heavy atom. The lowest BCUT2D eigenvalue weighted by Gasteiger charge is -2.12. The van der Waals surface area contributed by atoms with E-state index < -0.39 is 46.5 Å². The lowest BCUT2D eigenvalue weighted by Crippen LogP contribution is -2.47. The van der Waals surface area contributed by atoms with Crippen LogP contribution >= 0.6 is 58.0 Å². The van der Waals surface area contributed by atoms with E-state index in [9.17, 15) is 27.6 Å². The van der Waals surface area contributed by atoms with Crippen molar-refractivity contribution in [2.45, 2.75) is 22.8 Å². The summed E-state index contributed by atoms with van der Waals surface area (Å²) in [6, 6.07) is 8.47. The van der Waals surface area contributed by atoms with E-state index in [1.54, 1.807) is 17.6 Å². The number of halogens is 8. The number of hydrogen-bond acceptors (Lipinski definition) is 3. The van der Waals surface area contributed by atoms with Gasteiger partial charge in [-0.2, -0.15) is 0 Å². The van der Waals surface area contributed by atoms with Crippen molar-refractivity contribution >= 4 is 81.4 Å². The molecule has 34 heavy (non-hydrogen) atoms. The molecule has 14 heteroatoms. The number of benzene rings is 2. The van der Waals surface area contributed by atoms with Crippen LogP contribution in [0.25, 0.3) is 0 Å². The second kappa shape index (κ2) is 10.4. The smallest absolute Gasteiger partial charge is 0.278 e. The second-order valence-electron chi connectivity index (χ2n) is 7.20. The minimum absolute atomic E-state index is 0.0997. The molecule has 1 aliphatic rings. The third kappa shape index (κ3) is 5.83. The van der Waals surface area contributed by atoms with Crippen LogP contribution in [0.1, 0.15) is 21.8 Å². The number of amides is 3. The minimum Gasteiger partial charge on any atom is -0.326 e. The van der Waals surface area contributed by atoms with Gasteiger partial charge in [0.1, 0.15) is 4.33 Å². The number of alkyl halides is 5. The van der Waals surface area contributed by atoms with Crippen molar-refractivity contribution in [1.82, 2.24) is 10.9 Å². The maximum atomic E-state index is 13.0. The van der Waals surface area contributed by atoms with Crippen LogP contribution in [0.3, 0.4) is 0 Å². The molecule has 2 aromatic carbocycles. The van der Waals surface area contributed by atoms with E-state index in [0.717, 1.165) is 6.07 Å². The van der Waals surface area contributed by atoms with Crippen molar-refractivity contribution in [2.75, 3.05) is 5.32 Å². The zero-order valence-electron chi connectivity index (χ0n) is 16.5. The van der Waals surface area contributed by atoms with E-state index in [4.69, 9.17) is 58.0 Å². The normalized spacial score (nSPS) is 19.3. The number of nitrogens with one attached hydrogen (secondary N) is 3. The number of rotatable bonds is 6. The van der Waals surface area contributed by atoms with Gasteiger partial charge in [-0.1, -0.05) is 34.8 Å². The van der Waals surface area contributed by atoms with E-state index in [1.165, 1.54) is 23.6 Å². The average molecular weight is 578 g/mol. The van der Waals surface area contributed by atoms with Gasteiger partial charge in [-0.15, -0.1) is 23.2 Å². The van der Waals surface area contributed by atoms with Gasteiger partial charge in [0.2, 0.25) is 12.1 Å². The van der Waals surface area contributed by atoms with E-state index in [2.05, 4.69) is 5.32 Å². The summed E-state index contributed by atoms with van der Waals surface area (Å²) < 4.78 is 36.0. The van der Waals surface area contributed by atoms with E-state index in [-0.39, 0.29) is 16.3 Å². The number of anilines is 1. The molecule has 3 unspecified atom stereocenters. The predicted octanol–water partition coefficient (Wildman–Crippen LogP) is 5.54. The molecule has 0 heterocycles. The van der Waals surface area contributed by atoms with Crippen molar-refractivity contribution in [2.24, 2.45) is 5.92 Å². The van der Waals surface area contributed by atoms with Crippen LogP contribution in [-0.2, 0) is 9.59 Å². The average Bonchev–Trinajstić information content (AvgIpc) is 3.33. The zero-order chi connectivity index (χ0) is 25.4. The van der Waals surface area contributed by atoms with Gasteiger partial charge in [0.15, 0.2) is 0 Å². The van der Waals surface area contributed by atoms with E-state index >= 15 is 0 Å². The van der Waals surface area contributed by atoms with E-state index in [0.29, 0.717) is 15.6 Å². The SMILES string of the molecule is O=C(NNC(=O)C(F)C(F)F)c1cc(NC(=O)C2C(c3cc(Cl)cc(Cl)c3)C2(Cl)Cl)ccc1Cl. The third-order valence-electron chi connectivity index (χ3n) is 4.83. The van der Waals surface area contributed by atoms with Gasteiger partial charge < -0.3 is 5.32 Å². The Hall–Kier alpha value is -1.91. The number of hydrazine groups is 1. The maximum absolute atomic E-state index is 13.0. The molecule has 3 amide bonds. The Kier molecular flexibility index (Phi) is 8.14. The summed E-state index contributed by atoms with van der Waals surface area (Å²) in [5.74, 6) is -4.86. The molecule has 6 nitrogen and oxygen atoms in total. The first-order valence-electron chi connectivity index (χ1n) is 9.29. The number of carbonyl (C=O) groups is 3. The molecule has 1 aliphatic carbocycles. The first-order valence-corrected chi connectivity index (χ1v) is 11.2. The van der Waals surface area contributed by atoms with Crippen molar-refractivity contribution < 1.29 is 27.6 Å². The van der Waals surface area contributed by atoms with Gasteiger partial charge in [-0.05, 0) is 42.0 Å². The Morgan fingerprint density at radius 3 is 2.12 bits per heavy atom. The highest BCUT2D eigenvalue weighted by Crippen LogP contribution is 2.65. The summed E-state index contributed by atoms with van der Waals surface area (Å²) in [6.07, 6.45) is -6.70. The maximum Gasteiger partial charge on any atom is 0.278 e. The fourth-order valence-electron chi connectivity index (χ4n) is 3.19. The molecule has 3 atom stereocenters. The summed E-state index contributed by atoms with van der Waals surface area (Å²) in [6.45, 7) is 0. The Labute approximate surface area is 216 Å². The Balaban J connectivity index is 1.70. The molecule has 0 bridgehead atoms. The third-order valence-corrected chi connectivity index (χ3v) is 6.54. The largest absolute Gasteiger partial charge is 0.326 e. The molecular formula is C20H13Cl5F3N3O3. The van der Waals surface area contributed by atoms with Crippen molar-refractivity contribution in [3.8, 4) is 0 Å². The van der Waals surface area contributed by atoms with Gasteiger partial charge in [-0.25, -0.2) is 13.2 Å². The quantitative estimate of drug-likeness (QED) is 0.312. The Bertz CT molecular complexity index is 1130. The molecule has 2 aromatic rings. The highest BCUT2D eigenvalue weighted by molar-refractivity contribution is 6.53. The van der Waals surface area contributed by atoms with Gasteiger partial charge in [-0.3, -0.25) is 25.2 Å². The van der Waals surface area contributed by atoms with Crippen LogP contribution in [-0.4, -0.2) is 34.7 Å². The molecule has 0 aromatic heterocycles. The van der Waals surface area contributed by atoms with Crippen LogP contribution in [0.5, 0.6) is 0 Å².